The molecule has 1 aliphatic heterocycles. The monoisotopic (exact) mass is 319 g/mol. The van der Waals surface area contributed by atoms with E-state index in [1.807, 2.05) is 31.2 Å². The lowest BCUT2D eigenvalue weighted by molar-refractivity contribution is -0.123. The molecule has 0 atom stereocenters. The lowest BCUT2D eigenvalue weighted by atomic mass is 9.96. The van der Waals surface area contributed by atoms with Crippen LogP contribution in [0.25, 0.3) is 0 Å². The predicted molar refractivity (Wildman–Crippen MR) is 87.5 cm³/mol. The molecule has 126 valence electrons. The van der Waals surface area contributed by atoms with Crippen LogP contribution in [0.2, 0.25) is 0 Å². The Kier molecular flexibility index (Phi) is 6.40. The summed E-state index contributed by atoms with van der Waals surface area (Å²) in [5.74, 6) is -0.370. The van der Waals surface area contributed by atoms with Gasteiger partial charge in [-0.15, -0.1) is 0 Å². The van der Waals surface area contributed by atoms with Gasteiger partial charge in [-0.05, 0) is 30.9 Å². The molecule has 0 aliphatic carbocycles. The number of hydrogen-bond donors (Lipinski definition) is 2. The normalized spacial score (nSPS) is 15.4. The number of ether oxygens (including phenoxy) is 1. The summed E-state index contributed by atoms with van der Waals surface area (Å²) in [4.78, 5) is 25.1. The molecule has 3 amide bonds. The fourth-order valence-corrected chi connectivity index (χ4v) is 2.71. The quantitative estimate of drug-likeness (QED) is 0.836. The number of benzene rings is 1. The number of urea groups is 1. The van der Waals surface area contributed by atoms with E-state index in [4.69, 9.17) is 10.5 Å². The van der Waals surface area contributed by atoms with Crippen molar-refractivity contribution in [2.24, 2.45) is 11.7 Å². The second kappa shape index (κ2) is 8.53. The molecule has 1 fully saturated rings. The number of nitrogens with two attached hydrogens (primary N) is 1. The Morgan fingerprint density at radius 1 is 1.30 bits per heavy atom. The molecule has 2 rings (SSSR count). The first-order chi connectivity index (χ1) is 11.1. The molecule has 1 saturated heterocycles. The van der Waals surface area contributed by atoms with Gasteiger partial charge in [0.15, 0.2) is 0 Å². The third-order valence-electron chi connectivity index (χ3n) is 4.09. The zero-order valence-electron chi connectivity index (χ0n) is 13.6. The van der Waals surface area contributed by atoms with E-state index in [0.29, 0.717) is 45.7 Å². The Balaban J connectivity index is 1.79. The van der Waals surface area contributed by atoms with Crippen molar-refractivity contribution in [2.75, 3.05) is 19.7 Å². The van der Waals surface area contributed by atoms with Gasteiger partial charge < -0.3 is 20.7 Å². The zero-order chi connectivity index (χ0) is 16.7. The molecule has 1 aromatic rings. The number of piperidine rings is 1. The summed E-state index contributed by atoms with van der Waals surface area (Å²) in [6.07, 6.45) is 1.29. The highest BCUT2D eigenvalue weighted by atomic mass is 16.5. The minimum absolute atomic E-state index is 0.0943. The summed E-state index contributed by atoms with van der Waals surface area (Å²) in [5.41, 5.74) is 7.45. The van der Waals surface area contributed by atoms with E-state index in [1.54, 1.807) is 4.90 Å². The average Bonchev–Trinajstić information content (AvgIpc) is 2.58. The number of nitrogens with one attached hydrogen (secondary N) is 1. The smallest absolute Gasteiger partial charge is 0.317 e. The Labute approximate surface area is 137 Å². The number of likely N-dealkylation sites (tertiary alicyclic amines) is 1. The third-order valence-corrected chi connectivity index (χ3v) is 4.09. The number of hydrogen-bond acceptors (Lipinski definition) is 3. The highest BCUT2D eigenvalue weighted by molar-refractivity contribution is 5.78. The van der Waals surface area contributed by atoms with Crippen molar-refractivity contribution in [3.8, 4) is 0 Å². The molecule has 23 heavy (non-hydrogen) atoms. The second-order valence-electron chi connectivity index (χ2n) is 5.78. The van der Waals surface area contributed by atoms with Gasteiger partial charge in [0, 0.05) is 32.2 Å². The average molecular weight is 319 g/mol. The molecule has 3 N–H and O–H groups in total. The highest BCUT2D eigenvalue weighted by Gasteiger charge is 2.25. The standard InChI is InChI=1S/C17H25N3O3/c1-2-23-12-14-5-3-4-13(10-14)11-19-17(22)20-8-6-15(7-9-20)16(18)21/h3-5,10,15H,2,6-9,11-12H2,1H3,(H2,18,21)(H,19,22). The van der Waals surface area contributed by atoms with Crippen LogP contribution in [0.5, 0.6) is 0 Å². The van der Waals surface area contributed by atoms with Crippen molar-refractivity contribution in [2.45, 2.75) is 32.9 Å². The van der Waals surface area contributed by atoms with Crippen LogP contribution in [-0.2, 0) is 22.7 Å². The van der Waals surface area contributed by atoms with Crippen LogP contribution in [-0.4, -0.2) is 36.5 Å². The van der Waals surface area contributed by atoms with Crippen LogP contribution in [0.3, 0.4) is 0 Å². The molecular weight excluding hydrogens is 294 g/mol. The first-order valence-electron chi connectivity index (χ1n) is 8.07. The van der Waals surface area contributed by atoms with Crippen molar-refractivity contribution in [1.82, 2.24) is 10.2 Å². The number of carbonyl (C=O) groups is 2. The van der Waals surface area contributed by atoms with Gasteiger partial charge in [-0.25, -0.2) is 4.79 Å². The minimum atomic E-state index is -0.267. The van der Waals surface area contributed by atoms with Gasteiger partial charge in [-0.1, -0.05) is 24.3 Å². The number of rotatable bonds is 6. The fourth-order valence-electron chi connectivity index (χ4n) is 2.71. The van der Waals surface area contributed by atoms with Crippen molar-refractivity contribution >= 4 is 11.9 Å². The summed E-state index contributed by atoms with van der Waals surface area (Å²) in [6.45, 7) is 4.86. The van der Waals surface area contributed by atoms with Gasteiger partial charge in [0.25, 0.3) is 0 Å². The molecule has 1 aliphatic rings. The maximum Gasteiger partial charge on any atom is 0.317 e. The van der Waals surface area contributed by atoms with E-state index >= 15 is 0 Å². The van der Waals surface area contributed by atoms with E-state index in [0.717, 1.165) is 11.1 Å². The van der Waals surface area contributed by atoms with Gasteiger partial charge in [0.2, 0.25) is 5.91 Å². The van der Waals surface area contributed by atoms with Gasteiger partial charge in [0.05, 0.1) is 6.61 Å². The Hall–Kier alpha value is -2.08. The first-order valence-corrected chi connectivity index (χ1v) is 8.07. The number of nitrogens with zero attached hydrogens (tertiary/aromatic N) is 1. The highest BCUT2D eigenvalue weighted by Crippen LogP contribution is 2.16. The van der Waals surface area contributed by atoms with Crippen LogP contribution >= 0.6 is 0 Å². The number of carbonyl (C=O) groups excluding carboxylic acids is 2. The van der Waals surface area contributed by atoms with E-state index < -0.39 is 0 Å². The molecule has 6 heteroatoms. The molecule has 1 heterocycles. The first kappa shape index (κ1) is 17.3. The predicted octanol–water partition coefficient (Wildman–Crippen LogP) is 1.63. The SMILES string of the molecule is CCOCc1cccc(CNC(=O)N2CCC(C(N)=O)CC2)c1. The van der Waals surface area contributed by atoms with Crippen molar-refractivity contribution in [3.63, 3.8) is 0 Å². The van der Waals surface area contributed by atoms with Crippen molar-refractivity contribution in [3.05, 3.63) is 35.4 Å². The van der Waals surface area contributed by atoms with Crippen LogP contribution in [0.1, 0.15) is 30.9 Å². The fraction of sp³-hybridized carbons (Fsp3) is 0.529. The molecule has 6 nitrogen and oxygen atoms in total. The Morgan fingerprint density at radius 3 is 2.65 bits per heavy atom. The van der Waals surface area contributed by atoms with E-state index in [2.05, 4.69) is 5.32 Å². The maximum absolute atomic E-state index is 12.2. The largest absolute Gasteiger partial charge is 0.377 e. The summed E-state index contributed by atoms with van der Waals surface area (Å²) in [6, 6.07) is 7.90. The molecule has 0 saturated carbocycles. The molecular formula is C17H25N3O3. The van der Waals surface area contributed by atoms with Gasteiger partial charge in [-0.3, -0.25) is 4.79 Å². The lowest BCUT2D eigenvalue weighted by Crippen LogP contribution is -2.46. The summed E-state index contributed by atoms with van der Waals surface area (Å²) in [5, 5.41) is 2.93. The molecule has 0 unspecified atom stereocenters. The molecule has 0 spiro atoms. The molecule has 1 aromatic carbocycles. The van der Waals surface area contributed by atoms with Crippen LogP contribution in [0.15, 0.2) is 24.3 Å². The second-order valence-corrected chi connectivity index (χ2v) is 5.78. The topological polar surface area (TPSA) is 84.7 Å². The summed E-state index contributed by atoms with van der Waals surface area (Å²) in [7, 11) is 0. The third kappa shape index (κ3) is 5.25. The zero-order valence-corrected chi connectivity index (χ0v) is 13.6. The van der Waals surface area contributed by atoms with E-state index in [9.17, 15) is 9.59 Å². The molecule has 0 aromatic heterocycles. The summed E-state index contributed by atoms with van der Waals surface area (Å²) < 4.78 is 5.39. The van der Waals surface area contributed by atoms with Gasteiger partial charge in [0.1, 0.15) is 0 Å². The van der Waals surface area contributed by atoms with Crippen molar-refractivity contribution in [1.29, 1.82) is 0 Å². The van der Waals surface area contributed by atoms with Crippen LogP contribution < -0.4 is 11.1 Å². The van der Waals surface area contributed by atoms with Crippen molar-refractivity contribution < 1.29 is 14.3 Å². The Bertz CT molecular complexity index is 540. The lowest BCUT2D eigenvalue weighted by Gasteiger charge is -2.30. The Morgan fingerprint density at radius 2 is 2.00 bits per heavy atom. The van der Waals surface area contributed by atoms with Gasteiger partial charge >= 0.3 is 6.03 Å². The summed E-state index contributed by atoms with van der Waals surface area (Å²) >= 11 is 0. The maximum atomic E-state index is 12.2. The number of amides is 3. The van der Waals surface area contributed by atoms with E-state index in [-0.39, 0.29) is 17.9 Å². The molecule has 0 radical (unpaired) electrons. The minimum Gasteiger partial charge on any atom is -0.377 e. The van der Waals surface area contributed by atoms with Crippen LogP contribution in [0, 0.1) is 5.92 Å². The number of primary amides is 1. The van der Waals surface area contributed by atoms with E-state index in [1.165, 1.54) is 0 Å². The van der Waals surface area contributed by atoms with Crippen LogP contribution in [0.4, 0.5) is 4.79 Å². The van der Waals surface area contributed by atoms with Gasteiger partial charge in [-0.2, -0.15) is 0 Å². The molecule has 0 bridgehead atoms.